The fraction of sp³-hybridized carbons (Fsp3) is 0.0909. The summed E-state index contributed by atoms with van der Waals surface area (Å²) in [7, 11) is -3.47. The van der Waals surface area contributed by atoms with Crippen LogP contribution in [0.1, 0.15) is 5.56 Å². The van der Waals surface area contributed by atoms with Gasteiger partial charge in [0.1, 0.15) is 6.07 Å². The number of fused-ring (bicyclic) bond motifs is 1. The van der Waals surface area contributed by atoms with Crippen LogP contribution in [0.3, 0.4) is 0 Å². The number of benzene rings is 1. The number of aromatic nitrogens is 1. The molecule has 0 bridgehead atoms. The van der Waals surface area contributed by atoms with Gasteiger partial charge in [-0.25, -0.2) is 13.4 Å². The first-order chi connectivity index (χ1) is 7.52. The van der Waals surface area contributed by atoms with Gasteiger partial charge in [0.15, 0.2) is 14.9 Å². The van der Waals surface area contributed by atoms with Gasteiger partial charge in [0.05, 0.1) is 11.1 Å². The Labute approximate surface area is 93.1 Å². The Morgan fingerprint density at radius 2 is 2.00 bits per heavy atom. The van der Waals surface area contributed by atoms with Crippen LogP contribution < -0.4 is 0 Å². The predicted molar refractivity (Wildman–Crippen MR) is 59.6 cm³/mol. The van der Waals surface area contributed by atoms with E-state index in [2.05, 4.69) is 4.98 Å². The zero-order chi connectivity index (χ0) is 11.8. The molecule has 0 amide bonds. The van der Waals surface area contributed by atoms with Gasteiger partial charge < -0.3 is 0 Å². The molecule has 4 nitrogen and oxygen atoms in total. The number of nitriles is 1. The monoisotopic (exact) mass is 232 g/mol. The molecule has 1 aromatic carbocycles. The lowest BCUT2D eigenvalue weighted by atomic mass is 10.2. The molecule has 0 saturated heterocycles. The molecule has 2 rings (SSSR count). The SMILES string of the molecule is CS(=O)(=O)c1nc2ccccc2cc1C#N. The summed E-state index contributed by atoms with van der Waals surface area (Å²) in [5.41, 5.74) is 0.656. The van der Waals surface area contributed by atoms with Crippen LogP contribution >= 0.6 is 0 Å². The van der Waals surface area contributed by atoms with Crippen molar-refractivity contribution in [3.05, 3.63) is 35.9 Å². The molecular weight excluding hydrogens is 224 g/mol. The molecule has 0 aliphatic heterocycles. The van der Waals surface area contributed by atoms with Crippen LogP contribution in [0.15, 0.2) is 35.4 Å². The molecule has 2 aromatic rings. The first kappa shape index (κ1) is 10.6. The molecule has 0 N–H and O–H groups in total. The van der Waals surface area contributed by atoms with Gasteiger partial charge in [-0.15, -0.1) is 0 Å². The van der Waals surface area contributed by atoms with Crippen LogP contribution in [-0.4, -0.2) is 19.7 Å². The third kappa shape index (κ3) is 1.75. The van der Waals surface area contributed by atoms with E-state index in [1.165, 1.54) is 0 Å². The Bertz CT molecular complexity index is 699. The van der Waals surface area contributed by atoms with E-state index in [0.29, 0.717) is 5.52 Å². The van der Waals surface area contributed by atoms with Crippen LogP contribution in [0.25, 0.3) is 10.9 Å². The lowest BCUT2D eigenvalue weighted by Gasteiger charge is -2.03. The number of para-hydroxylation sites is 1. The van der Waals surface area contributed by atoms with E-state index in [1.54, 1.807) is 24.3 Å². The summed E-state index contributed by atoms with van der Waals surface area (Å²) in [5, 5.41) is 9.48. The minimum Gasteiger partial charge on any atom is -0.235 e. The van der Waals surface area contributed by atoms with Crippen molar-refractivity contribution in [2.45, 2.75) is 5.03 Å². The standard InChI is InChI=1S/C11H8N2O2S/c1-16(14,15)11-9(7-12)6-8-4-2-3-5-10(8)13-11/h2-6H,1H3. The highest BCUT2D eigenvalue weighted by molar-refractivity contribution is 7.90. The minimum absolute atomic E-state index is 0.0844. The van der Waals surface area contributed by atoms with Gasteiger partial charge in [0.2, 0.25) is 0 Å². The highest BCUT2D eigenvalue weighted by Gasteiger charge is 2.16. The number of hydrogen-bond donors (Lipinski definition) is 0. The van der Waals surface area contributed by atoms with Crippen molar-refractivity contribution in [3.8, 4) is 6.07 Å². The van der Waals surface area contributed by atoms with Crippen molar-refractivity contribution >= 4 is 20.7 Å². The predicted octanol–water partition coefficient (Wildman–Crippen LogP) is 1.51. The number of hydrogen-bond acceptors (Lipinski definition) is 4. The summed E-state index contributed by atoms with van der Waals surface area (Å²) in [6, 6.07) is 10.5. The van der Waals surface area contributed by atoms with Crippen LogP contribution in [0.2, 0.25) is 0 Å². The molecule has 1 aromatic heterocycles. The third-order valence-corrected chi connectivity index (χ3v) is 3.17. The fourth-order valence-electron chi connectivity index (χ4n) is 1.46. The summed E-state index contributed by atoms with van der Waals surface area (Å²) in [5.74, 6) is 0. The average Bonchev–Trinajstić information content (AvgIpc) is 2.26. The fourth-order valence-corrected chi connectivity index (χ4v) is 2.23. The molecule has 0 radical (unpaired) electrons. The minimum atomic E-state index is -3.47. The lowest BCUT2D eigenvalue weighted by Crippen LogP contribution is -2.04. The van der Waals surface area contributed by atoms with Crippen molar-refractivity contribution in [2.75, 3.05) is 6.26 Å². The highest BCUT2D eigenvalue weighted by Crippen LogP contribution is 2.19. The smallest absolute Gasteiger partial charge is 0.194 e. The summed E-state index contributed by atoms with van der Waals surface area (Å²) < 4.78 is 22.9. The maximum atomic E-state index is 11.4. The molecule has 1 heterocycles. The highest BCUT2D eigenvalue weighted by atomic mass is 32.2. The molecule has 0 aliphatic carbocycles. The molecule has 0 atom stereocenters. The maximum Gasteiger partial charge on any atom is 0.194 e. The second kappa shape index (κ2) is 3.58. The quantitative estimate of drug-likeness (QED) is 0.747. The zero-order valence-electron chi connectivity index (χ0n) is 8.51. The van der Waals surface area contributed by atoms with E-state index >= 15 is 0 Å². The van der Waals surface area contributed by atoms with Crippen molar-refractivity contribution < 1.29 is 8.42 Å². The summed E-state index contributed by atoms with van der Waals surface area (Å²) in [6.07, 6.45) is 1.05. The van der Waals surface area contributed by atoms with Crippen molar-refractivity contribution in [2.24, 2.45) is 0 Å². The second-order valence-corrected chi connectivity index (χ2v) is 5.35. The van der Waals surface area contributed by atoms with Gasteiger partial charge >= 0.3 is 0 Å². The molecule has 0 unspecified atom stereocenters. The van der Waals surface area contributed by atoms with E-state index in [0.717, 1.165) is 11.6 Å². The molecule has 0 saturated carbocycles. The Morgan fingerprint density at radius 3 is 2.62 bits per heavy atom. The molecule has 0 aliphatic rings. The largest absolute Gasteiger partial charge is 0.235 e. The van der Waals surface area contributed by atoms with Crippen LogP contribution in [0.4, 0.5) is 0 Å². The number of nitrogens with zero attached hydrogens (tertiary/aromatic N) is 2. The number of rotatable bonds is 1. The number of sulfone groups is 1. The van der Waals surface area contributed by atoms with E-state index in [1.807, 2.05) is 12.1 Å². The molecular formula is C11H8N2O2S. The Balaban J connectivity index is 2.90. The third-order valence-electron chi connectivity index (χ3n) is 2.16. The van der Waals surface area contributed by atoms with E-state index in [9.17, 15) is 8.42 Å². The normalized spacial score (nSPS) is 11.2. The molecule has 5 heteroatoms. The van der Waals surface area contributed by atoms with E-state index in [-0.39, 0.29) is 10.6 Å². The molecule has 80 valence electrons. The van der Waals surface area contributed by atoms with Gasteiger partial charge in [-0.1, -0.05) is 18.2 Å². The second-order valence-electron chi connectivity index (χ2n) is 3.42. The van der Waals surface area contributed by atoms with Crippen LogP contribution in [-0.2, 0) is 9.84 Å². The first-order valence-corrected chi connectivity index (χ1v) is 6.41. The number of pyridine rings is 1. The lowest BCUT2D eigenvalue weighted by molar-refractivity contribution is 0.598. The van der Waals surface area contributed by atoms with Crippen LogP contribution in [0.5, 0.6) is 0 Å². The van der Waals surface area contributed by atoms with Gasteiger partial charge in [-0.05, 0) is 12.1 Å². The Kier molecular flexibility index (Phi) is 2.37. The van der Waals surface area contributed by atoms with Gasteiger partial charge in [0.25, 0.3) is 0 Å². The maximum absolute atomic E-state index is 11.4. The topological polar surface area (TPSA) is 70.8 Å². The van der Waals surface area contributed by atoms with Crippen molar-refractivity contribution in [3.63, 3.8) is 0 Å². The van der Waals surface area contributed by atoms with Gasteiger partial charge in [-0.3, -0.25) is 0 Å². The van der Waals surface area contributed by atoms with Crippen molar-refractivity contribution in [1.82, 2.24) is 4.98 Å². The summed E-state index contributed by atoms with van der Waals surface area (Å²) >= 11 is 0. The van der Waals surface area contributed by atoms with E-state index in [4.69, 9.17) is 5.26 Å². The average molecular weight is 232 g/mol. The Hall–Kier alpha value is -1.93. The summed E-state index contributed by atoms with van der Waals surface area (Å²) in [6.45, 7) is 0. The van der Waals surface area contributed by atoms with Gasteiger partial charge in [0, 0.05) is 11.6 Å². The molecule has 16 heavy (non-hydrogen) atoms. The van der Waals surface area contributed by atoms with Crippen molar-refractivity contribution in [1.29, 1.82) is 5.26 Å². The molecule has 0 fully saturated rings. The zero-order valence-corrected chi connectivity index (χ0v) is 9.32. The molecule has 0 spiro atoms. The first-order valence-electron chi connectivity index (χ1n) is 4.52. The van der Waals surface area contributed by atoms with Gasteiger partial charge in [-0.2, -0.15) is 5.26 Å². The Morgan fingerprint density at radius 1 is 1.31 bits per heavy atom. The van der Waals surface area contributed by atoms with Crippen LogP contribution in [0, 0.1) is 11.3 Å². The van der Waals surface area contributed by atoms with E-state index < -0.39 is 9.84 Å². The summed E-state index contributed by atoms with van der Waals surface area (Å²) in [4.78, 5) is 4.01.